The average molecular weight is 218 g/mol. The molecule has 0 radical (unpaired) electrons. The molecule has 0 aliphatic heterocycles. The first-order valence-electron chi connectivity index (χ1n) is 4.23. The van der Waals surface area contributed by atoms with Gasteiger partial charge >= 0.3 is 0 Å². The molecule has 1 aromatic heterocycles. The first kappa shape index (κ1) is 11.2. The Morgan fingerprint density at radius 3 is 2.86 bits per heavy atom. The van der Waals surface area contributed by atoms with Crippen LogP contribution in [0.2, 0.25) is 0 Å². The molecule has 1 rings (SSSR count). The lowest BCUT2D eigenvalue weighted by Gasteiger charge is -2.04. The molecule has 0 fully saturated rings. The van der Waals surface area contributed by atoms with E-state index in [9.17, 15) is 0 Å². The second-order valence-electron chi connectivity index (χ2n) is 2.64. The number of nitrogens with one attached hydrogen (secondary N) is 1. The zero-order valence-corrected chi connectivity index (χ0v) is 8.84. The molecule has 0 aromatic carbocycles. The minimum absolute atomic E-state index is 0.380. The van der Waals surface area contributed by atoms with Crippen LogP contribution in [0.25, 0.3) is 0 Å². The Morgan fingerprint density at radius 1 is 1.50 bits per heavy atom. The van der Waals surface area contributed by atoms with E-state index in [1.807, 2.05) is 0 Å². The molecule has 0 aliphatic rings. The first-order valence-corrected chi connectivity index (χ1v) is 4.64. The van der Waals surface area contributed by atoms with Crippen LogP contribution in [0.5, 0.6) is 0 Å². The maximum atomic E-state index is 5.56. The fraction of sp³-hybridized carbons (Fsp3) is 0.714. The van der Waals surface area contributed by atoms with Crippen LogP contribution in [0.3, 0.4) is 0 Å². The Morgan fingerprint density at radius 2 is 2.29 bits per heavy atom. The fourth-order valence-corrected chi connectivity index (χ4v) is 1.18. The van der Waals surface area contributed by atoms with E-state index in [2.05, 4.69) is 10.2 Å². The smallest absolute Gasteiger partial charge is 0.220 e. The minimum atomic E-state index is 0.380. The van der Waals surface area contributed by atoms with Gasteiger partial charge in [0, 0.05) is 7.11 Å². The van der Waals surface area contributed by atoms with E-state index >= 15 is 0 Å². The molecule has 6 nitrogen and oxygen atoms in total. The summed E-state index contributed by atoms with van der Waals surface area (Å²) in [5.41, 5.74) is 5.56. The number of nitrogen functional groups attached to an aromatic ring is 1. The lowest BCUT2D eigenvalue weighted by atomic mass is 10.6. The van der Waals surface area contributed by atoms with Gasteiger partial charge in [-0.2, -0.15) is 0 Å². The molecular formula is C7H14N4O2S. The summed E-state index contributed by atoms with van der Waals surface area (Å²) in [6, 6.07) is 0. The molecule has 1 heterocycles. The predicted octanol–water partition coefficient (Wildman–Crippen LogP) is 0.186. The zero-order valence-electron chi connectivity index (χ0n) is 8.02. The normalized spacial score (nSPS) is 10.6. The van der Waals surface area contributed by atoms with Gasteiger partial charge in [-0.3, -0.25) is 4.57 Å². The van der Waals surface area contributed by atoms with Gasteiger partial charge < -0.3 is 15.2 Å². The van der Waals surface area contributed by atoms with Crippen molar-refractivity contribution in [3.05, 3.63) is 4.77 Å². The maximum absolute atomic E-state index is 5.56. The summed E-state index contributed by atoms with van der Waals surface area (Å²) in [7, 11) is 1.63. The zero-order chi connectivity index (χ0) is 10.4. The van der Waals surface area contributed by atoms with Crippen LogP contribution in [-0.4, -0.2) is 41.7 Å². The predicted molar refractivity (Wildman–Crippen MR) is 54.5 cm³/mol. The number of aromatic amines is 1. The Kier molecular flexibility index (Phi) is 4.57. The van der Waals surface area contributed by atoms with Crippen molar-refractivity contribution in [2.75, 3.05) is 32.7 Å². The molecule has 14 heavy (non-hydrogen) atoms. The lowest BCUT2D eigenvalue weighted by molar-refractivity contribution is 0.0666. The Labute approximate surface area is 87.0 Å². The third-order valence-corrected chi connectivity index (χ3v) is 1.99. The van der Waals surface area contributed by atoms with Crippen molar-refractivity contribution in [1.82, 2.24) is 14.8 Å². The lowest BCUT2D eigenvalue weighted by Crippen LogP contribution is -2.11. The number of hydrogen-bond acceptors (Lipinski definition) is 5. The number of aromatic nitrogens is 3. The third kappa shape index (κ3) is 3.09. The summed E-state index contributed by atoms with van der Waals surface area (Å²) in [5, 5.41) is 6.37. The number of rotatable bonds is 6. The van der Waals surface area contributed by atoms with E-state index in [0.717, 1.165) is 0 Å². The molecule has 7 heteroatoms. The molecule has 0 saturated heterocycles. The summed E-state index contributed by atoms with van der Waals surface area (Å²) in [5.74, 6) is 0.380. The van der Waals surface area contributed by atoms with E-state index < -0.39 is 0 Å². The summed E-state index contributed by atoms with van der Waals surface area (Å²) in [6.07, 6.45) is 0. The van der Waals surface area contributed by atoms with Crippen LogP contribution in [-0.2, 0) is 16.0 Å². The number of nitrogens with two attached hydrogens (primary N) is 1. The highest BCUT2D eigenvalue weighted by atomic mass is 32.1. The standard InChI is InChI=1S/C7H14N4O2S/c1-12-4-5-13-3-2-11-6(8)9-10-7(11)14/h2-5H2,1H3,(H2,8,9)(H,10,14). The van der Waals surface area contributed by atoms with Crippen molar-refractivity contribution in [3.8, 4) is 0 Å². The molecule has 0 unspecified atom stereocenters. The topological polar surface area (TPSA) is 78.1 Å². The van der Waals surface area contributed by atoms with E-state index in [1.165, 1.54) is 0 Å². The molecule has 0 amide bonds. The Bertz CT molecular complexity index is 322. The monoisotopic (exact) mass is 218 g/mol. The van der Waals surface area contributed by atoms with Crippen molar-refractivity contribution in [1.29, 1.82) is 0 Å². The van der Waals surface area contributed by atoms with Crippen LogP contribution in [0, 0.1) is 4.77 Å². The second kappa shape index (κ2) is 5.74. The van der Waals surface area contributed by atoms with Gasteiger partial charge in [0.1, 0.15) is 0 Å². The molecule has 0 spiro atoms. The van der Waals surface area contributed by atoms with Crippen LogP contribution < -0.4 is 5.73 Å². The van der Waals surface area contributed by atoms with Crippen molar-refractivity contribution in [2.45, 2.75) is 6.54 Å². The molecule has 0 aliphatic carbocycles. The highest BCUT2D eigenvalue weighted by molar-refractivity contribution is 7.71. The average Bonchev–Trinajstić information content (AvgIpc) is 2.48. The van der Waals surface area contributed by atoms with Crippen LogP contribution in [0.15, 0.2) is 0 Å². The van der Waals surface area contributed by atoms with Crippen LogP contribution in [0.1, 0.15) is 0 Å². The molecule has 3 N–H and O–H groups in total. The summed E-state index contributed by atoms with van der Waals surface area (Å²) < 4.78 is 12.3. The molecule has 80 valence electrons. The van der Waals surface area contributed by atoms with E-state index in [0.29, 0.717) is 37.1 Å². The van der Waals surface area contributed by atoms with Crippen molar-refractivity contribution >= 4 is 18.2 Å². The van der Waals surface area contributed by atoms with Gasteiger partial charge in [0.05, 0.1) is 26.4 Å². The molecular weight excluding hydrogens is 204 g/mol. The number of ether oxygens (including phenoxy) is 2. The van der Waals surface area contributed by atoms with Gasteiger partial charge in [0.2, 0.25) is 5.95 Å². The van der Waals surface area contributed by atoms with Gasteiger partial charge in [0.15, 0.2) is 4.77 Å². The highest BCUT2D eigenvalue weighted by Gasteiger charge is 2.00. The van der Waals surface area contributed by atoms with Crippen molar-refractivity contribution in [3.63, 3.8) is 0 Å². The van der Waals surface area contributed by atoms with Crippen molar-refractivity contribution in [2.24, 2.45) is 0 Å². The SMILES string of the molecule is COCCOCCn1c(N)n[nH]c1=S. The summed E-state index contributed by atoms with van der Waals surface area (Å²) >= 11 is 4.96. The summed E-state index contributed by atoms with van der Waals surface area (Å²) in [4.78, 5) is 0. The Hall–Kier alpha value is -0.920. The van der Waals surface area contributed by atoms with E-state index in [4.69, 9.17) is 27.4 Å². The maximum Gasteiger partial charge on any atom is 0.220 e. The quantitative estimate of drug-likeness (QED) is 0.526. The third-order valence-electron chi connectivity index (χ3n) is 1.68. The number of hydrogen-bond donors (Lipinski definition) is 2. The van der Waals surface area contributed by atoms with Gasteiger partial charge in [-0.25, -0.2) is 5.10 Å². The van der Waals surface area contributed by atoms with E-state index in [1.54, 1.807) is 11.7 Å². The number of nitrogens with zero attached hydrogens (tertiary/aromatic N) is 2. The number of anilines is 1. The molecule has 0 atom stereocenters. The van der Waals surface area contributed by atoms with Crippen LogP contribution in [0.4, 0.5) is 5.95 Å². The van der Waals surface area contributed by atoms with Gasteiger partial charge in [0.25, 0.3) is 0 Å². The highest BCUT2D eigenvalue weighted by Crippen LogP contribution is 1.98. The van der Waals surface area contributed by atoms with Crippen LogP contribution >= 0.6 is 12.2 Å². The Balaban J connectivity index is 2.28. The summed E-state index contributed by atoms with van der Waals surface area (Å²) in [6.45, 7) is 2.31. The fourth-order valence-electron chi connectivity index (χ4n) is 0.946. The van der Waals surface area contributed by atoms with Gasteiger partial charge in [-0.05, 0) is 12.2 Å². The van der Waals surface area contributed by atoms with E-state index in [-0.39, 0.29) is 0 Å². The molecule has 0 saturated carbocycles. The molecule has 1 aromatic rings. The minimum Gasteiger partial charge on any atom is -0.382 e. The van der Waals surface area contributed by atoms with Crippen molar-refractivity contribution < 1.29 is 9.47 Å². The van der Waals surface area contributed by atoms with Gasteiger partial charge in [-0.1, -0.05) is 0 Å². The second-order valence-corrected chi connectivity index (χ2v) is 3.03. The van der Waals surface area contributed by atoms with Gasteiger partial charge in [-0.15, -0.1) is 5.10 Å². The first-order chi connectivity index (χ1) is 6.75. The largest absolute Gasteiger partial charge is 0.382 e. The number of H-pyrrole nitrogens is 1. The number of methoxy groups -OCH3 is 1. The molecule has 0 bridgehead atoms.